The van der Waals surface area contributed by atoms with Crippen LogP contribution in [0.5, 0.6) is 0 Å². The van der Waals surface area contributed by atoms with Gasteiger partial charge in [0.25, 0.3) is 5.91 Å². The van der Waals surface area contributed by atoms with Gasteiger partial charge in [-0.15, -0.1) is 0 Å². The second-order valence-corrected chi connectivity index (χ2v) is 6.41. The van der Waals surface area contributed by atoms with E-state index in [1.54, 1.807) is 20.8 Å². The monoisotopic (exact) mass is 321 g/mol. The Bertz CT molecular complexity index is 538. The number of carbonyl (C=O) groups excluding carboxylic acids is 2. The van der Waals surface area contributed by atoms with Crippen LogP contribution in [0.1, 0.15) is 26.3 Å². The van der Waals surface area contributed by atoms with Crippen molar-refractivity contribution in [3.63, 3.8) is 0 Å². The maximum absolute atomic E-state index is 12.2. The molecule has 2 amide bonds. The third kappa shape index (κ3) is 5.33. The summed E-state index contributed by atoms with van der Waals surface area (Å²) in [5.74, 6) is -0.404. The van der Waals surface area contributed by atoms with Gasteiger partial charge in [0, 0.05) is 0 Å². The zero-order valence-electron chi connectivity index (χ0n) is 13.8. The number of imide groups is 1. The zero-order valence-corrected chi connectivity index (χ0v) is 13.8. The Morgan fingerprint density at radius 1 is 1.30 bits per heavy atom. The maximum Gasteiger partial charge on any atom is 0.417 e. The van der Waals surface area contributed by atoms with E-state index >= 15 is 0 Å². The first-order valence-electron chi connectivity index (χ1n) is 7.61. The Balaban J connectivity index is 1.94. The van der Waals surface area contributed by atoms with E-state index in [9.17, 15) is 9.59 Å². The molecule has 1 fully saturated rings. The number of hydrogen-bond donors (Lipinski definition) is 0. The van der Waals surface area contributed by atoms with Crippen LogP contribution >= 0.6 is 0 Å². The summed E-state index contributed by atoms with van der Waals surface area (Å²) >= 11 is 0. The standard InChI is InChI=1S/C17H23NO5/c1-17(2,3)23-16(20)18-14(11-22-12-15(18)19)10-21-9-13-7-5-4-6-8-13/h4-8,14H,9-12H2,1-3H3/t14-/m1/s1. The first kappa shape index (κ1) is 17.4. The smallest absolute Gasteiger partial charge is 0.417 e. The average Bonchev–Trinajstić information content (AvgIpc) is 2.46. The molecule has 1 heterocycles. The van der Waals surface area contributed by atoms with E-state index in [2.05, 4.69) is 0 Å². The summed E-state index contributed by atoms with van der Waals surface area (Å²) in [5.41, 5.74) is 0.366. The van der Waals surface area contributed by atoms with E-state index in [0.29, 0.717) is 6.61 Å². The quantitative estimate of drug-likeness (QED) is 0.852. The molecule has 1 aliphatic heterocycles. The van der Waals surface area contributed by atoms with Crippen LogP contribution in [0.2, 0.25) is 0 Å². The van der Waals surface area contributed by atoms with Crippen molar-refractivity contribution in [3.05, 3.63) is 35.9 Å². The van der Waals surface area contributed by atoms with Crippen molar-refractivity contribution in [2.45, 2.75) is 39.0 Å². The SMILES string of the molecule is CC(C)(C)OC(=O)N1C(=O)COC[C@H]1COCc1ccccc1. The predicted molar refractivity (Wildman–Crippen MR) is 83.8 cm³/mol. The number of nitrogens with zero attached hydrogens (tertiary/aromatic N) is 1. The lowest BCUT2D eigenvalue weighted by atomic mass is 10.2. The fraction of sp³-hybridized carbons (Fsp3) is 0.529. The number of carbonyl (C=O) groups is 2. The summed E-state index contributed by atoms with van der Waals surface area (Å²) in [6.07, 6.45) is -0.654. The minimum absolute atomic E-state index is 0.117. The summed E-state index contributed by atoms with van der Waals surface area (Å²) in [5, 5.41) is 0. The normalized spacial score (nSPS) is 18.8. The van der Waals surface area contributed by atoms with Gasteiger partial charge in [0.05, 0.1) is 25.9 Å². The molecule has 1 aromatic rings. The molecule has 0 spiro atoms. The Kier molecular flexibility index (Phi) is 5.74. The van der Waals surface area contributed by atoms with E-state index in [1.165, 1.54) is 0 Å². The predicted octanol–water partition coefficient (Wildman–Crippen LogP) is 2.37. The van der Waals surface area contributed by atoms with Gasteiger partial charge in [0.2, 0.25) is 0 Å². The van der Waals surface area contributed by atoms with Gasteiger partial charge in [-0.2, -0.15) is 0 Å². The van der Waals surface area contributed by atoms with Crippen LogP contribution in [0.15, 0.2) is 30.3 Å². The van der Waals surface area contributed by atoms with Gasteiger partial charge < -0.3 is 14.2 Å². The molecule has 6 nitrogen and oxygen atoms in total. The van der Waals surface area contributed by atoms with Gasteiger partial charge in [-0.3, -0.25) is 4.79 Å². The molecule has 0 aromatic heterocycles. The van der Waals surface area contributed by atoms with Crippen molar-refractivity contribution in [1.29, 1.82) is 0 Å². The number of amides is 2. The largest absolute Gasteiger partial charge is 0.443 e. The van der Waals surface area contributed by atoms with Crippen molar-refractivity contribution in [3.8, 4) is 0 Å². The highest BCUT2D eigenvalue weighted by atomic mass is 16.6. The molecule has 2 rings (SSSR count). The summed E-state index contributed by atoms with van der Waals surface area (Å²) < 4.78 is 16.2. The van der Waals surface area contributed by atoms with E-state index < -0.39 is 23.6 Å². The van der Waals surface area contributed by atoms with Crippen molar-refractivity contribution in [1.82, 2.24) is 4.90 Å². The molecule has 126 valence electrons. The number of benzene rings is 1. The van der Waals surface area contributed by atoms with Crippen molar-refractivity contribution >= 4 is 12.0 Å². The number of morpholine rings is 1. The summed E-state index contributed by atoms with van der Waals surface area (Å²) in [6, 6.07) is 9.22. The van der Waals surface area contributed by atoms with Crippen molar-refractivity contribution < 1.29 is 23.8 Å². The lowest BCUT2D eigenvalue weighted by Gasteiger charge is -2.34. The summed E-state index contributed by atoms with van der Waals surface area (Å²) in [6.45, 7) is 6.03. The maximum atomic E-state index is 12.2. The Morgan fingerprint density at radius 2 is 2.00 bits per heavy atom. The topological polar surface area (TPSA) is 65.1 Å². The highest BCUT2D eigenvalue weighted by Crippen LogP contribution is 2.16. The Labute approximate surface area is 136 Å². The molecule has 1 saturated heterocycles. The van der Waals surface area contributed by atoms with Gasteiger partial charge in [0.1, 0.15) is 12.2 Å². The second kappa shape index (κ2) is 7.57. The van der Waals surface area contributed by atoms with Crippen LogP contribution in [0.3, 0.4) is 0 Å². The van der Waals surface area contributed by atoms with Gasteiger partial charge in [-0.1, -0.05) is 30.3 Å². The molecule has 0 radical (unpaired) electrons. The number of hydrogen-bond acceptors (Lipinski definition) is 5. The first-order valence-corrected chi connectivity index (χ1v) is 7.61. The van der Waals surface area contributed by atoms with Crippen molar-refractivity contribution in [2.24, 2.45) is 0 Å². The molecule has 0 aliphatic carbocycles. The van der Waals surface area contributed by atoms with Crippen LogP contribution in [0.4, 0.5) is 4.79 Å². The third-order valence-corrected chi connectivity index (χ3v) is 3.18. The van der Waals surface area contributed by atoms with E-state index in [-0.39, 0.29) is 19.8 Å². The molecule has 1 aromatic carbocycles. The molecule has 1 atom stereocenters. The number of rotatable bonds is 4. The van der Waals surface area contributed by atoms with E-state index in [0.717, 1.165) is 10.5 Å². The molecule has 0 N–H and O–H groups in total. The Hall–Kier alpha value is -1.92. The lowest BCUT2D eigenvalue weighted by molar-refractivity contribution is -0.149. The molecule has 6 heteroatoms. The molecule has 0 unspecified atom stereocenters. The van der Waals surface area contributed by atoms with Crippen LogP contribution in [0.25, 0.3) is 0 Å². The minimum atomic E-state index is -0.662. The first-order chi connectivity index (χ1) is 10.9. The van der Waals surface area contributed by atoms with Gasteiger partial charge >= 0.3 is 6.09 Å². The average molecular weight is 321 g/mol. The highest BCUT2D eigenvalue weighted by molar-refractivity contribution is 5.93. The van der Waals surface area contributed by atoms with Crippen molar-refractivity contribution in [2.75, 3.05) is 19.8 Å². The van der Waals surface area contributed by atoms with Crippen LogP contribution in [0, 0.1) is 0 Å². The fourth-order valence-corrected chi connectivity index (χ4v) is 2.20. The van der Waals surface area contributed by atoms with Gasteiger partial charge in [-0.05, 0) is 26.3 Å². The molecular weight excluding hydrogens is 298 g/mol. The lowest BCUT2D eigenvalue weighted by Crippen LogP contribution is -2.55. The fourth-order valence-electron chi connectivity index (χ4n) is 2.20. The molecule has 0 saturated carbocycles. The van der Waals surface area contributed by atoms with E-state index in [4.69, 9.17) is 14.2 Å². The van der Waals surface area contributed by atoms with Gasteiger partial charge in [-0.25, -0.2) is 9.69 Å². The molecular formula is C17H23NO5. The summed E-state index contributed by atoms with van der Waals surface area (Å²) in [7, 11) is 0. The highest BCUT2D eigenvalue weighted by Gasteiger charge is 2.36. The van der Waals surface area contributed by atoms with Crippen LogP contribution in [-0.4, -0.2) is 48.4 Å². The minimum Gasteiger partial charge on any atom is -0.443 e. The molecule has 0 bridgehead atoms. The van der Waals surface area contributed by atoms with Gasteiger partial charge in [0.15, 0.2) is 0 Å². The zero-order chi connectivity index (χ0) is 16.9. The summed E-state index contributed by atoms with van der Waals surface area (Å²) in [4.78, 5) is 25.4. The number of ether oxygens (including phenoxy) is 3. The molecule has 1 aliphatic rings. The second-order valence-electron chi connectivity index (χ2n) is 6.41. The molecule has 23 heavy (non-hydrogen) atoms. The van der Waals surface area contributed by atoms with Crippen LogP contribution in [-0.2, 0) is 25.6 Å². The third-order valence-electron chi connectivity index (χ3n) is 3.18. The van der Waals surface area contributed by atoms with E-state index in [1.807, 2.05) is 30.3 Å². The Morgan fingerprint density at radius 3 is 2.65 bits per heavy atom. The van der Waals surface area contributed by atoms with Crippen LogP contribution < -0.4 is 0 Å².